The summed E-state index contributed by atoms with van der Waals surface area (Å²) < 4.78 is 0. The van der Waals surface area contributed by atoms with Gasteiger partial charge in [0.15, 0.2) is 0 Å². The lowest BCUT2D eigenvalue weighted by molar-refractivity contribution is 0.0332. The first kappa shape index (κ1) is 9.96. The maximum atomic E-state index is 11.2. The van der Waals surface area contributed by atoms with E-state index in [9.17, 15) is 5.11 Å². The van der Waals surface area contributed by atoms with Crippen LogP contribution in [0.25, 0.3) is 0 Å². The molecule has 0 N–H and O–H groups in total. The minimum atomic E-state index is -0.315. The average Bonchev–Trinajstić information content (AvgIpc) is 1.98. The predicted octanol–water partition coefficient (Wildman–Crippen LogP) is 3.02. The van der Waals surface area contributed by atoms with Gasteiger partial charge in [-0.05, 0) is 12.3 Å². The molecular formula is C9H19O. The maximum Gasteiger partial charge on any atom is 0.0955 e. The first-order valence-corrected chi connectivity index (χ1v) is 4.38. The van der Waals surface area contributed by atoms with Crippen molar-refractivity contribution >= 4 is 0 Å². The van der Waals surface area contributed by atoms with Crippen molar-refractivity contribution in [2.45, 2.75) is 52.6 Å². The van der Waals surface area contributed by atoms with Gasteiger partial charge in [-0.25, -0.2) is 5.11 Å². The van der Waals surface area contributed by atoms with E-state index < -0.39 is 0 Å². The van der Waals surface area contributed by atoms with E-state index in [0.29, 0.717) is 5.92 Å². The van der Waals surface area contributed by atoms with Gasteiger partial charge in [0.1, 0.15) is 0 Å². The van der Waals surface area contributed by atoms with Crippen LogP contribution in [0.5, 0.6) is 0 Å². The Bertz CT molecular complexity index is 71.1. The molecule has 0 bridgehead atoms. The van der Waals surface area contributed by atoms with Crippen LogP contribution in [0, 0.1) is 5.92 Å². The monoisotopic (exact) mass is 143 g/mol. The molecule has 0 spiro atoms. The highest BCUT2D eigenvalue weighted by molar-refractivity contribution is 4.61. The third kappa shape index (κ3) is 3.89. The summed E-state index contributed by atoms with van der Waals surface area (Å²) in [6, 6.07) is 0. The highest BCUT2D eigenvalue weighted by Crippen LogP contribution is 2.13. The summed E-state index contributed by atoms with van der Waals surface area (Å²) in [4.78, 5) is 0. The average molecular weight is 143 g/mol. The molecule has 0 aromatic carbocycles. The molecule has 10 heavy (non-hydrogen) atoms. The lowest BCUT2D eigenvalue weighted by Crippen LogP contribution is -2.14. The van der Waals surface area contributed by atoms with E-state index in [-0.39, 0.29) is 6.10 Å². The van der Waals surface area contributed by atoms with Gasteiger partial charge in [-0.2, -0.15) is 0 Å². The zero-order valence-electron chi connectivity index (χ0n) is 7.39. The third-order valence-corrected chi connectivity index (χ3v) is 2.12. The second-order valence-electron chi connectivity index (χ2n) is 3.07. The molecule has 2 atom stereocenters. The molecule has 0 saturated heterocycles. The Balaban J connectivity index is 3.31. The smallest absolute Gasteiger partial charge is 0.0955 e. The number of unbranched alkanes of at least 4 members (excludes halogenated alkanes) is 1. The maximum absolute atomic E-state index is 11.2. The van der Waals surface area contributed by atoms with Crippen LogP contribution in [0.2, 0.25) is 0 Å². The molecule has 2 unspecified atom stereocenters. The van der Waals surface area contributed by atoms with E-state index in [0.717, 1.165) is 25.7 Å². The molecule has 1 radical (unpaired) electrons. The van der Waals surface area contributed by atoms with E-state index >= 15 is 0 Å². The van der Waals surface area contributed by atoms with Crippen molar-refractivity contribution in [3.05, 3.63) is 0 Å². The summed E-state index contributed by atoms with van der Waals surface area (Å²) in [5, 5.41) is 11.2. The zero-order valence-corrected chi connectivity index (χ0v) is 7.39. The van der Waals surface area contributed by atoms with E-state index in [1.165, 1.54) is 0 Å². The van der Waals surface area contributed by atoms with Gasteiger partial charge in [0.2, 0.25) is 0 Å². The fourth-order valence-electron chi connectivity index (χ4n) is 0.953. The van der Waals surface area contributed by atoms with Crippen LogP contribution in [0.3, 0.4) is 0 Å². The number of rotatable bonds is 5. The highest BCUT2D eigenvalue weighted by atomic mass is 16.3. The fourth-order valence-corrected chi connectivity index (χ4v) is 0.953. The van der Waals surface area contributed by atoms with Crippen molar-refractivity contribution in [2.75, 3.05) is 0 Å². The van der Waals surface area contributed by atoms with Gasteiger partial charge in [0, 0.05) is 0 Å². The van der Waals surface area contributed by atoms with Crippen LogP contribution in [0.15, 0.2) is 0 Å². The van der Waals surface area contributed by atoms with E-state index in [1.54, 1.807) is 0 Å². The molecule has 1 heteroatoms. The molecular weight excluding hydrogens is 124 g/mol. The quantitative estimate of drug-likeness (QED) is 0.563. The molecule has 61 valence electrons. The third-order valence-electron chi connectivity index (χ3n) is 2.12. The van der Waals surface area contributed by atoms with Crippen molar-refractivity contribution in [3.63, 3.8) is 0 Å². The van der Waals surface area contributed by atoms with Gasteiger partial charge in [0.05, 0.1) is 6.10 Å². The Morgan fingerprint density at radius 2 is 1.90 bits per heavy atom. The molecule has 1 nitrogen and oxygen atoms in total. The SMILES string of the molecule is CCCCC([O])C(C)CC. The summed E-state index contributed by atoms with van der Waals surface area (Å²) in [7, 11) is 0. The number of hydrogen-bond donors (Lipinski definition) is 0. The summed E-state index contributed by atoms with van der Waals surface area (Å²) in [6.45, 7) is 6.26. The summed E-state index contributed by atoms with van der Waals surface area (Å²) in [5.41, 5.74) is 0. The first-order valence-electron chi connectivity index (χ1n) is 4.38. The predicted molar refractivity (Wildman–Crippen MR) is 43.5 cm³/mol. The fraction of sp³-hybridized carbons (Fsp3) is 1.00. The highest BCUT2D eigenvalue weighted by Gasteiger charge is 2.12. The second kappa shape index (κ2) is 5.72. The standard InChI is InChI=1S/C9H19O/c1-4-6-7-9(10)8(3)5-2/h8-9H,4-7H2,1-3H3. The Labute approximate surface area is 64.5 Å². The van der Waals surface area contributed by atoms with Gasteiger partial charge < -0.3 is 0 Å². The van der Waals surface area contributed by atoms with Crippen LogP contribution in [0.4, 0.5) is 0 Å². The number of hydrogen-bond acceptors (Lipinski definition) is 0. The minimum Gasteiger partial charge on any atom is -0.233 e. The van der Waals surface area contributed by atoms with Crippen LogP contribution in [-0.4, -0.2) is 6.10 Å². The van der Waals surface area contributed by atoms with Crippen LogP contribution in [0.1, 0.15) is 46.5 Å². The van der Waals surface area contributed by atoms with Gasteiger partial charge in [-0.3, -0.25) is 0 Å². The van der Waals surface area contributed by atoms with E-state index in [4.69, 9.17) is 0 Å². The van der Waals surface area contributed by atoms with Crippen LogP contribution >= 0.6 is 0 Å². The van der Waals surface area contributed by atoms with Crippen molar-refractivity contribution in [1.29, 1.82) is 0 Å². The lowest BCUT2D eigenvalue weighted by atomic mass is 9.98. The molecule has 0 rings (SSSR count). The molecule has 0 heterocycles. The molecule has 0 fully saturated rings. The molecule has 0 aromatic rings. The van der Waals surface area contributed by atoms with E-state index in [1.807, 2.05) is 6.92 Å². The van der Waals surface area contributed by atoms with Gasteiger partial charge in [-0.1, -0.05) is 40.0 Å². The normalized spacial score (nSPS) is 16.8. The van der Waals surface area contributed by atoms with Crippen molar-refractivity contribution in [1.82, 2.24) is 0 Å². The van der Waals surface area contributed by atoms with Gasteiger partial charge >= 0.3 is 0 Å². The largest absolute Gasteiger partial charge is 0.233 e. The minimum absolute atomic E-state index is 0.315. The Kier molecular flexibility index (Phi) is 5.70. The molecule has 0 aromatic heterocycles. The second-order valence-corrected chi connectivity index (χ2v) is 3.07. The van der Waals surface area contributed by atoms with Crippen LogP contribution < -0.4 is 0 Å². The van der Waals surface area contributed by atoms with Crippen molar-refractivity contribution in [2.24, 2.45) is 5.92 Å². The lowest BCUT2D eigenvalue weighted by Gasteiger charge is -2.13. The van der Waals surface area contributed by atoms with E-state index in [2.05, 4.69) is 13.8 Å². The topological polar surface area (TPSA) is 19.9 Å². The van der Waals surface area contributed by atoms with Crippen molar-refractivity contribution in [3.8, 4) is 0 Å². The van der Waals surface area contributed by atoms with Crippen LogP contribution in [-0.2, 0) is 5.11 Å². The first-order chi connectivity index (χ1) is 4.72. The van der Waals surface area contributed by atoms with Gasteiger partial charge in [0.25, 0.3) is 0 Å². The summed E-state index contributed by atoms with van der Waals surface area (Å²) in [6.07, 6.45) is 3.82. The molecule has 0 aliphatic carbocycles. The van der Waals surface area contributed by atoms with Gasteiger partial charge in [-0.15, -0.1) is 0 Å². The Morgan fingerprint density at radius 1 is 1.30 bits per heavy atom. The Morgan fingerprint density at radius 3 is 2.30 bits per heavy atom. The van der Waals surface area contributed by atoms with Crippen molar-refractivity contribution < 1.29 is 5.11 Å². The molecule has 0 aliphatic heterocycles. The molecule has 0 saturated carbocycles. The molecule has 0 aliphatic rings. The Hall–Kier alpha value is -0.0400. The summed E-state index contributed by atoms with van der Waals surface area (Å²) in [5.74, 6) is 0.367. The summed E-state index contributed by atoms with van der Waals surface area (Å²) >= 11 is 0. The zero-order chi connectivity index (χ0) is 7.98. The molecule has 0 amide bonds.